The Hall–Kier alpha value is -4.02. The Labute approximate surface area is 201 Å². The average molecular weight is 503 g/mol. The SMILES string of the molecule is N#CC1(c2cc(Nc3nc(NC4CCC(F)C4F)nc(-c4nccc(C(F)(F)F)n4)n3)ccn2)CC1. The molecule has 3 aromatic heterocycles. The summed E-state index contributed by atoms with van der Waals surface area (Å²) in [6.45, 7) is 0. The van der Waals surface area contributed by atoms with E-state index in [0.717, 1.165) is 6.20 Å². The second-order valence-electron chi connectivity index (χ2n) is 8.61. The fourth-order valence-electron chi connectivity index (χ4n) is 3.90. The van der Waals surface area contributed by atoms with Crippen LogP contribution in [0.5, 0.6) is 0 Å². The molecule has 186 valence electrons. The van der Waals surface area contributed by atoms with Crippen molar-refractivity contribution >= 4 is 17.6 Å². The zero-order chi connectivity index (χ0) is 25.5. The number of alkyl halides is 5. The molecule has 2 aliphatic carbocycles. The van der Waals surface area contributed by atoms with Crippen LogP contribution in [-0.2, 0) is 11.6 Å². The highest BCUT2D eigenvalue weighted by Crippen LogP contribution is 2.47. The van der Waals surface area contributed by atoms with Gasteiger partial charge in [-0.2, -0.15) is 33.4 Å². The van der Waals surface area contributed by atoms with Crippen LogP contribution in [0.4, 0.5) is 39.5 Å². The van der Waals surface area contributed by atoms with Crippen molar-refractivity contribution in [2.45, 2.75) is 55.7 Å². The van der Waals surface area contributed by atoms with Gasteiger partial charge in [-0.25, -0.2) is 18.7 Å². The molecule has 0 aromatic carbocycles. The number of aromatic nitrogens is 6. The van der Waals surface area contributed by atoms with E-state index in [1.165, 1.54) is 6.20 Å². The fraction of sp³-hybridized carbons (Fsp3) is 0.409. The summed E-state index contributed by atoms with van der Waals surface area (Å²) in [4.78, 5) is 24.0. The summed E-state index contributed by atoms with van der Waals surface area (Å²) in [5.74, 6) is -1.03. The van der Waals surface area contributed by atoms with Crippen LogP contribution in [0.15, 0.2) is 30.6 Å². The summed E-state index contributed by atoms with van der Waals surface area (Å²) in [5, 5.41) is 15.1. The lowest BCUT2D eigenvalue weighted by molar-refractivity contribution is -0.141. The third-order valence-corrected chi connectivity index (χ3v) is 6.05. The van der Waals surface area contributed by atoms with Crippen LogP contribution >= 0.6 is 0 Å². The van der Waals surface area contributed by atoms with Gasteiger partial charge in [0.15, 0.2) is 12.0 Å². The molecule has 3 aromatic rings. The fourth-order valence-corrected chi connectivity index (χ4v) is 3.90. The van der Waals surface area contributed by atoms with Gasteiger partial charge in [-0.3, -0.25) is 4.98 Å². The average Bonchev–Trinajstić information content (AvgIpc) is 3.61. The van der Waals surface area contributed by atoms with E-state index < -0.39 is 41.5 Å². The molecular weight excluding hydrogens is 485 g/mol. The lowest BCUT2D eigenvalue weighted by Crippen LogP contribution is -2.30. The number of pyridine rings is 1. The third kappa shape index (κ3) is 4.73. The summed E-state index contributed by atoms with van der Waals surface area (Å²) in [5.41, 5.74) is -0.823. The van der Waals surface area contributed by atoms with Crippen LogP contribution in [0.2, 0.25) is 0 Å². The van der Waals surface area contributed by atoms with Crippen molar-refractivity contribution in [3.63, 3.8) is 0 Å². The minimum absolute atomic E-state index is 0.0130. The van der Waals surface area contributed by atoms with Crippen molar-refractivity contribution in [3.8, 4) is 17.7 Å². The number of halogens is 5. The molecule has 0 saturated heterocycles. The van der Waals surface area contributed by atoms with Gasteiger partial charge in [0.2, 0.25) is 17.7 Å². The molecule has 0 bridgehead atoms. The van der Waals surface area contributed by atoms with Gasteiger partial charge < -0.3 is 10.6 Å². The van der Waals surface area contributed by atoms with Gasteiger partial charge in [-0.05, 0) is 43.9 Å². The number of nitrogens with one attached hydrogen (secondary N) is 2. The second-order valence-corrected chi connectivity index (χ2v) is 8.61. The predicted molar refractivity (Wildman–Crippen MR) is 116 cm³/mol. The molecule has 3 heterocycles. The molecule has 2 saturated carbocycles. The number of hydrogen-bond donors (Lipinski definition) is 2. The predicted octanol–water partition coefficient (Wildman–Crippen LogP) is 4.29. The van der Waals surface area contributed by atoms with Gasteiger partial charge in [0.05, 0.1) is 23.2 Å². The minimum Gasteiger partial charge on any atom is -0.348 e. The van der Waals surface area contributed by atoms with Gasteiger partial charge in [-0.1, -0.05) is 0 Å². The van der Waals surface area contributed by atoms with Crippen LogP contribution in [0.1, 0.15) is 37.1 Å². The standard InChI is InChI=1S/C22H18F5N9/c23-12-1-2-13(16(12)24)32-20-35-18(17-30-8-4-14(33-17)22(25,26)27)34-19(36-20)31-11-3-7-29-15(9-11)21(10-28)5-6-21/h3-4,7-9,12-13,16H,1-2,5-6H2,(H2,29,31,32,34,35,36). The molecule has 0 amide bonds. The quantitative estimate of drug-likeness (QED) is 0.474. The first-order valence-electron chi connectivity index (χ1n) is 11.0. The number of hydrogen-bond acceptors (Lipinski definition) is 9. The molecule has 3 atom stereocenters. The van der Waals surface area contributed by atoms with E-state index in [1.54, 1.807) is 12.1 Å². The largest absolute Gasteiger partial charge is 0.433 e. The molecule has 2 N–H and O–H groups in total. The number of anilines is 3. The van der Waals surface area contributed by atoms with E-state index in [0.29, 0.717) is 30.3 Å². The third-order valence-electron chi connectivity index (χ3n) is 6.05. The molecule has 5 rings (SSSR count). The summed E-state index contributed by atoms with van der Waals surface area (Å²) < 4.78 is 67.4. The number of nitrogens with zero attached hydrogens (tertiary/aromatic N) is 7. The summed E-state index contributed by atoms with van der Waals surface area (Å²) in [6.07, 6.45) is -4.19. The molecule has 3 unspecified atom stereocenters. The van der Waals surface area contributed by atoms with Gasteiger partial charge in [0, 0.05) is 18.1 Å². The Morgan fingerprint density at radius 2 is 1.69 bits per heavy atom. The Balaban J connectivity index is 1.50. The lowest BCUT2D eigenvalue weighted by atomic mass is 10.0. The monoisotopic (exact) mass is 503 g/mol. The van der Waals surface area contributed by atoms with Crippen molar-refractivity contribution in [1.29, 1.82) is 5.26 Å². The van der Waals surface area contributed by atoms with Crippen LogP contribution < -0.4 is 10.6 Å². The molecule has 14 heteroatoms. The van der Waals surface area contributed by atoms with E-state index in [-0.39, 0.29) is 30.6 Å². The zero-order valence-corrected chi connectivity index (χ0v) is 18.5. The maximum atomic E-state index is 14.2. The maximum absolute atomic E-state index is 14.2. The molecule has 0 aliphatic heterocycles. The van der Waals surface area contributed by atoms with Gasteiger partial charge in [0.25, 0.3) is 0 Å². The van der Waals surface area contributed by atoms with E-state index in [9.17, 15) is 27.2 Å². The topological polar surface area (TPSA) is 125 Å². The molecular formula is C22H18F5N9. The summed E-state index contributed by atoms with van der Waals surface area (Å²) in [7, 11) is 0. The summed E-state index contributed by atoms with van der Waals surface area (Å²) >= 11 is 0. The first-order chi connectivity index (χ1) is 17.2. The van der Waals surface area contributed by atoms with E-state index in [2.05, 4.69) is 46.6 Å². The van der Waals surface area contributed by atoms with E-state index >= 15 is 0 Å². The molecule has 36 heavy (non-hydrogen) atoms. The van der Waals surface area contributed by atoms with E-state index in [4.69, 9.17) is 0 Å². The van der Waals surface area contributed by atoms with Crippen LogP contribution in [0.3, 0.4) is 0 Å². The first-order valence-corrected chi connectivity index (χ1v) is 11.0. The van der Waals surface area contributed by atoms with Crippen molar-refractivity contribution in [3.05, 3.63) is 42.0 Å². The Morgan fingerprint density at radius 3 is 2.36 bits per heavy atom. The smallest absolute Gasteiger partial charge is 0.348 e. The lowest BCUT2D eigenvalue weighted by Gasteiger charge is -2.17. The first kappa shape index (κ1) is 23.7. The normalized spacial score (nSPS) is 22.6. The molecule has 2 aliphatic rings. The molecule has 2 fully saturated rings. The van der Waals surface area contributed by atoms with Gasteiger partial charge in [-0.15, -0.1) is 0 Å². The van der Waals surface area contributed by atoms with Crippen LogP contribution in [0.25, 0.3) is 11.6 Å². The second kappa shape index (κ2) is 8.89. The number of nitriles is 1. The highest BCUT2D eigenvalue weighted by Gasteiger charge is 2.46. The molecule has 9 nitrogen and oxygen atoms in total. The van der Waals surface area contributed by atoms with Crippen molar-refractivity contribution in [1.82, 2.24) is 29.9 Å². The summed E-state index contributed by atoms with van der Waals surface area (Å²) in [6, 6.07) is 5.27. The Morgan fingerprint density at radius 1 is 0.944 bits per heavy atom. The van der Waals surface area contributed by atoms with Crippen LogP contribution in [0, 0.1) is 11.3 Å². The maximum Gasteiger partial charge on any atom is 0.433 e. The van der Waals surface area contributed by atoms with Crippen LogP contribution in [-0.4, -0.2) is 48.3 Å². The van der Waals surface area contributed by atoms with E-state index in [1.807, 2.05) is 0 Å². The number of rotatable bonds is 6. The van der Waals surface area contributed by atoms with Gasteiger partial charge >= 0.3 is 6.18 Å². The Kier molecular flexibility index (Phi) is 5.85. The Bertz CT molecular complexity index is 1320. The highest BCUT2D eigenvalue weighted by molar-refractivity contribution is 5.58. The minimum atomic E-state index is -4.72. The molecule has 0 spiro atoms. The van der Waals surface area contributed by atoms with Gasteiger partial charge in [0.1, 0.15) is 11.9 Å². The van der Waals surface area contributed by atoms with Crippen molar-refractivity contribution < 1.29 is 22.0 Å². The highest BCUT2D eigenvalue weighted by atomic mass is 19.4. The molecule has 0 radical (unpaired) electrons. The van der Waals surface area contributed by atoms with Crippen molar-refractivity contribution in [2.75, 3.05) is 10.6 Å². The zero-order valence-electron chi connectivity index (χ0n) is 18.5. The van der Waals surface area contributed by atoms with Crippen molar-refractivity contribution in [2.24, 2.45) is 0 Å².